The average molecular weight is 437 g/mol. The summed E-state index contributed by atoms with van der Waals surface area (Å²) in [6.45, 7) is 8.89. The van der Waals surface area contributed by atoms with E-state index in [1.165, 1.54) is 65.5 Å². The molecular formula is C32H36O. The SMILES string of the molecule is C=CCCC1CCC(c2cc(COCC=C)ccc2-c2ccc(-c3ccccc3)cc2)CC1. The zero-order valence-electron chi connectivity index (χ0n) is 19.7. The van der Waals surface area contributed by atoms with Crippen molar-refractivity contribution in [2.24, 2.45) is 5.92 Å². The maximum absolute atomic E-state index is 5.76. The van der Waals surface area contributed by atoms with Crippen molar-refractivity contribution in [3.05, 3.63) is 109 Å². The van der Waals surface area contributed by atoms with Crippen molar-refractivity contribution in [3.8, 4) is 22.3 Å². The van der Waals surface area contributed by atoms with Gasteiger partial charge in [0.2, 0.25) is 0 Å². The summed E-state index contributed by atoms with van der Waals surface area (Å²) >= 11 is 0. The molecule has 0 heterocycles. The number of hydrogen-bond acceptors (Lipinski definition) is 1. The van der Waals surface area contributed by atoms with Crippen LogP contribution in [0.15, 0.2) is 98.1 Å². The third kappa shape index (κ3) is 6.12. The minimum Gasteiger partial charge on any atom is -0.373 e. The van der Waals surface area contributed by atoms with Gasteiger partial charge in [-0.05, 0) is 83.7 Å². The van der Waals surface area contributed by atoms with E-state index in [9.17, 15) is 0 Å². The predicted octanol–water partition coefficient (Wildman–Crippen LogP) is 8.96. The second-order valence-corrected chi connectivity index (χ2v) is 9.25. The molecule has 1 nitrogen and oxygen atoms in total. The van der Waals surface area contributed by atoms with Crippen molar-refractivity contribution in [1.29, 1.82) is 0 Å². The zero-order valence-corrected chi connectivity index (χ0v) is 19.7. The first-order chi connectivity index (χ1) is 16.3. The van der Waals surface area contributed by atoms with Crippen molar-refractivity contribution in [2.45, 2.75) is 51.0 Å². The van der Waals surface area contributed by atoms with E-state index in [2.05, 4.69) is 92.0 Å². The van der Waals surface area contributed by atoms with Gasteiger partial charge in [0.05, 0.1) is 13.2 Å². The van der Waals surface area contributed by atoms with E-state index in [0.717, 1.165) is 12.3 Å². The second kappa shape index (κ2) is 11.8. The Balaban J connectivity index is 1.59. The summed E-state index contributed by atoms with van der Waals surface area (Å²) < 4.78 is 5.76. The van der Waals surface area contributed by atoms with Gasteiger partial charge in [0, 0.05) is 0 Å². The van der Waals surface area contributed by atoms with E-state index in [1.807, 2.05) is 6.08 Å². The van der Waals surface area contributed by atoms with Gasteiger partial charge < -0.3 is 4.74 Å². The molecule has 3 aromatic carbocycles. The average Bonchev–Trinajstić information content (AvgIpc) is 2.88. The van der Waals surface area contributed by atoms with Gasteiger partial charge >= 0.3 is 0 Å². The minimum absolute atomic E-state index is 0.590. The summed E-state index contributed by atoms with van der Waals surface area (Å²) in [6.07, 6.45) is 11.5. The lowest BCUT2D eigenvalue weighted by atomic mass is 9.75. The molecule has 0 N–H and O–H groups in total. The van der Waals surface area contributed by atoms with E-state index in [1.54, 1.807) is 0 Å². The van der Waals surface area contributed by atoms with Crippen molar-refractivity contribution in [2.75, 3.05) is 6.61 Å². The lowest BCUT2D eigenvalue weighted by molar-refractivity contribution is 0.149. The fraction of sp³-hybridized carbons (Fsp3) is 0.312. The van der Waals surface area contributed by atoms with Gasteiger partial charge in [-0.2, -0.15) is 0 Å². The lowest BCUT2D eigenvalue weighted by Crippen LogP contribution is -2.14. The number of allylic oxidation sites excluding steroid dienone is 1. The molecule has 3 aromatic rings. The van der Waals surface area contributed by atoms with Crippen LogP contribution < -0.4 is 0 Å². The fourth-order valence-electron chi connectivity index (χ4n) is 5.15. The number of benzene rings is 3. The first-order valence-electron chi connectivity index (χ1n) is 12.4. The highest BCUT2D eigenvalue weighted by molar-refractivity contribution is 5.73. The third-order valence-electron chi connectivity index (χ3n) is 6.99. The molecule has 0 aliphatic heterocycles. The molecule has 0 saturated heterocycles. The van der Waals surface area contributed by atoms with Crippen LogP contribution in [0, 0.1) is 5.92 Å². The lowest BCUT2D eigenvalue weighted by Gasteiger charge is -2.30. The van der Waals surface area contributed by atoms with Crippen LogP contribution in [0.4, 0.5) is 0 Å². The summed E-state index contributed by atoms with van der Waals surface area (Å²) in [4.78, 5) is 0. The molecule has 0 spiro atoms. The Morgan fingerprint density at radius 2 is 1.45 bits per heavy atom. The Labute approximate surface area is 199 Å². The van der Waals surface area contributed by atoms with E-state index in [4.69, 9.17) is 4.74 Å². The Bertz CT molecular complexity index is 1020. The van der Waals surface area contributed by atoms with Crippen LogP contribution in [0.1, 0.15) is 55.6 Å². The molecular weight excluding hydrogens is 400 g/mol. The van der Waals surface area contributed by atoms with Gasteiger partial charge in [-0.3, -0.25) is 0 Å². The maximum Gasteiger partial charge on any atom is 0.0721 e. The zero-order chi connectivity index (χ0) is 22.9. The topological polar surface area (TPSA) is 9.23 Å². The summed E-state index contributed by atoms with van der Waals surface area (Å²) in [7, 11) is 0. The van der Waals surface area contributed by atoms with Crippen molar-refractivity contribution in [1.82, 2.24) is 0 Å². The van der Waals surface area contributed by atoms with Crippen molar-refractivity contribution < 1.29 is 4.74 Å². The summed E-state index contributed by atoms with van der Waals surface area (Å²) in [5.74, 6) is 1.47. The van der Waals surface area contributed by atoms with Crippen LogP contribution in [0.2, 0.25) is 0 Å². The maximum atomic E-state index is 5.76. The smallest absolute Gasteiger partial charge is 0.0721 e. The standard InChI is InChI=1S/C32H36O/c1-3-5-9-25-12-15-30(16-13-25)32-23-26(24-33-22-4-2)14-21-31(32)29-19-17-28(18-20-29)27-10-7-6-8-11-27/h3-4,6-8,10-11,14,17-21,23,25,30H,1-2,5,9,12-13,15-16,22,24H2. The molecule has 0 unspecified atom stereocenters. The molecule has 170 valence electrons. The molecule has 0 radical (unpaired) electrons. The Kier molecular flexibility index (Phi) is 8.33. The number of rotatable bonds is 10. The van der Waals surface area contributed by atoms with Gasteiger partial charge in [0.15, 0.2) is 0 Å². The predicted molar refractivity (Wildman–Crippen MR) is 141 cm³/mol. The van der Waals surface area contributed by atoms with Gasteiger partial charge in [0.1, 0.15) is 0 Å². The molecule has 33 heavy (non-hydrogen) atoms. The Morgan fingerprint density at radius 1 is 0.758 bits per heavy atom. The monoisotopic (exact) mass is 436 g/mol. The van der Waals surface area contributed by atoms with Crippen molar-refractivity contribution in [3.63, 3.8) is 0 Å². The van der Waals surface area contributed by atoms with Crippen LogP contribution >= 0.6 is 0 Å². The molecule has 4 rings (SSSR count). The van der Waals surface area contributed by atoms with E-state index < -0.39 is 0 Å². The fourth-order valence-corrected chi connectivity index (χ4v) is 5.15. The van der Waals surface area contributed by atoms with Gasteiger partial charge in [0.25, 0.3) is 0 Å². The van der Waals surface area contributed by atoms with Crippen LogP contribution in [-0.2, 0) is 11.3 Å². The van der Waals surface area contributed by atoms with Crippen LogP contribution in [0.25, 0.3) is 22.3 Å². The van der Waals surface area contributed by atoms with E-state index >= 15 is 0 Å². The van der Waals surface area contributed by atoms with Crippen LogP contribution in [0.3, 0.4) is 0 Å². The molecule has 1 aliphatic carbocycles. The third-order valence-corrected chi connectivity index (χ3v) is 6.99. The molecule has 0 aromatic heterocycles. The molecule has 0 amide bonds. The van der Waals surface area contributed by atoms with Crippen LogP contribution in [-0.4, -0.2) is 6.61 Å². The van der Waals surface area contributed by atoms with E-state index in [-0.39, 0.29) is 0 Å². The van der Waals surface area contributed by atoms with E-state index in [0.29, 0.717) is 19.1 Å². The molecule has 1 heteroatoms. The first kappa shape index (κ1) is 23.3. The normalized spacial score (nSPS) is 18.1. The Morgan fingerprint density at radius 3 is 2.15 bits per heavy atom. The van der Waals surface area contributed by atoms with Gasteiger partial charge in [-0.25, -0.2) is 0 Å². The van der Waals surface area contributed by atoms with Gasteiger partial charge in [-0.15, -0.1) is 13.2 Å². The van der Waals surface area contributed by atoms with Crippen LogP contribution in [0.5, 0.6) is 0 Å². The minimum atomic E-state index is 0.590. The quantitative estimate of drug-likeness (QED) is 0.228. The summed E-state index contributed by atoms with van der Waals surface area (Å²) in [5.41, 5.74) is 7.94. The Hall–Kier alpha value is -2.90. The molecule has 1 fully saturated rings. The molecule has 1 aliphatic rings. The summed E-state index contributed by atoms with van der Waals surface area (Å²) in [5, 5.41) is 0. The van der Waals surface area contributed by atoms with Crippen molar-refractivity contribution >= 4 is 0 Å². The number of ether oxygens (including phenoxy) is 1. The highest BCUT2D eigenvalue weighted by atomic mass is 16.5. The molecule has 1 saturated carbocycles. The van der Waals surface area contributed by atoms with Gasteiger partial charge in [-0.1, -0.05) is 84.9 Å². The number of hydrogen-bond donors (Lipinski definition) is 0. The first-order valence-corrected chi connectivity index (χ1v) is 12.4. The second-order valence-electron chi connectivity index (χ2n) is 9.25. The summed E-state index contributed by atoms with van der Waals surface area (Å²) in [6, 6.07) is 26.6. The molecule has 0 atom stereocenters. The molecule has 0 bridgehead atoms. The highest BCUT2D eigenvalue weighted by Gasteiger charge is 2.24. The highest BCUT2D eigenvalue weighted by Crippen LogP contribution is 2.42. The largest absolute Gasteiger partial charge is 0.373 e.